The molecule has 4 amide bonds. The van der Waals surface area contributed by atoms with Crippen molar-refractivity contribution >= 4 is 24.0 Å². The maximum Gasteiger partial charge on any atom is 0.407 e. The summed E-state index contributed by atoms with van der Waals surface area (Å²) < 4.78 is 22.3. The van der Waals surface area contributed by atoms with Gasteiger partial charge in [-0.1, -0.05) is 41.5 Å². The molecule has 308 valence electrons. The van der Waals surface area contributed by atoms with Gasteiger partial charge in [-0.25, -0.2) is 19.6 Å². The third-order valence-corrected chi connectivity index (χ3v) is 11.0. The van der Waals surface area contributed by atoms with E-state index in [1.807, 2.05) is 77.9 Å². The molecule has 3 aliphatic rings. The molecule has 2 aromatic heterocycles. The Morgan fingerprint density at radius 1 is 0.672 bits per heavy atom. The normalized spacial score (nSPS) is 18.6. The molecule has 3 aliphatic heterocycles. The Morgan fingerprint density at radius 2 is 1.07 bits per heavy atom. The molecule has 2 fully saturated rings. The Kier molecular flexibility index (Phi) is 10.9. The number of nitrogens with zero attached hydrogens (tertiary/aromatic N) is 4. The molecule has 4 aromatic rings. The number of benzene rings is 2. The average Bonchev–Trinajstić information content (AvgIpc) is 4.03. The number of amides is 4. The number of likely N-dealkylation sites (tertiary alicyclic amines) is 2. The number of rotatable bonds is 8. The van der Waals surface area contributed by atoms with Crippen molar-refractivity contribution in [3.8, 4) is 45.5 Å². The van der Waals surface area contributed by atoms with E-state index in [1.165, 1.54) is 14.2 Å². The van der Waals surface area contributed by atoms with Crippen LogP contribution in [-0.2, 0) is 19.1 Å². The van der Waals surface area contributed by atoms with Crippen LogP contribution < -0.4 is 20.1 Å². The molecule has 5 heterocycles. The molecule has 0 radical (unpaired) electrons. The summed E-state index contributed by atoms with van der Waals surface area (Å²) in [6.07, 6.45) is 5.26. The van der Waals surface area contributed by atoms with Gasteiger partial charge in [0, 0.05) is 24.2 Å². The average molecular weight is 797 g/mol. The van der Waals surface area contributed by atoms with Gasteiger partial charge in [0.2, 0.25) is 11.8 Å². The van der Waals surface area contributed by atoms with Gasteiger partial charge in [-0.3, -0.25) is 9.59 Å². The zero-order valence-corrected chi connectivity index (χ0v) is 34.2. The first-order chi connectivity index (χ1) is 27.5. The lowest BCUT2D eigenvalue weighted by atomic mass is 9.85. The number of hydrogen-bond acceptors (Lipinski definition) is 10. The number of methoxy groups -OCH3 is 2. The van der Waals surface area contributed by atoms with Crippen LogP contribution in [0.1, 0.15) is 91.0 Å². The lowest BCUT2D eigenvalue weighted by Crippen LogP contribution is -2.54. The molecule has 2 saturated heterocycles. The molecular formula is C42H52N8O8. The van der Waals surface area contributed by atoms with Crippen LogP contribution in [0, 0.1) is 10.8 Å². The summed E-state index contributed by atoms with van der Waals surface area (Å²) in [5, 5.41) is 5.45. The second-order valence-electron chi connectivity index (χ2n) is 17.1. The van der Waals surface area contributed by atoms with Gasteiger partial charge < -0.3 is 49.3 Å². The van der Waals surface area contributed by atoms with Gasteiger partial charge in [-0.2, -0.15) is 0 Å². The van der Waals surface area contributed by atoms with Crippen LogP contribution in [0.25, 0.3) is 22.5 Å². The highest BCUT2D eigenvalue weighted by atomic mass is 16.6. The number of fused-ring (bicyclic) bond motifs is 2. The van der Waals surface area contributed by atoms with Crippen LogP contribution in [0.15, 0.2) is 48.8 Å². The lowest BCUT2D eigenvalue weighted by molar-refractivity contribution is -0.137. The molecule has 4 atom stereocenters. The van der Waals surface area contributed by atoms with Crippen molar-refractivity contribution in [2.24, 2.45) is 10.8 Å². The number of H-pyrrole nitrogens is 2. The Bertz CT molecular complexity index is 2050. The van der Waals surface area contributed by atoms with Crippen LogP contribution in [0.4, 0.5) is 9.59 Å². The maximum absolute atomic E-state index is 13.8. The summed E-state index contributed by atoms with van der Waals surface area (Å²) in [5.74, 6) is 3.13. The predicted molar refractivity (Wildman–Crippen MR) is 213 cm³/mol. The smallest absolute Gasteiger partial charge is 0.407 e. The molecule has 0 unspecified atom stereocenters. The lowest BCUT2D eigenvalue weighted by Gasteiger charge is -2.35. The van der Waals surface area contributed by atoms with Gasteiger partial charge in [0.05, 0.1) is 50.1 Å². The maximum atomic E-state index is 13.8. The molecule has 16 nitrogen and oxygen atoms in total. The van der Waals surface area contributed by atoms with E-state index >= 15 is 0 Å². The molecule has 0 saturated carbocycles. The van der Waals surface area contributed by atoms with E-state index in [0.29, 0.717) is 47.7 Å². The van der Waals surface area contributed by atoms with Crippen molar-refractivity contribution in [3.63, 3.8) is 0 Å². The molecule has 58 heavy (non-hydrogen) atoms. The number of aromatic amines is 2. The Balaban J connectivity index is 1.06. The van der Waals surface area contributed by atoms with Gasteiger partial charge in [0.1, 0.15) is 23.7 Å². The third kappa shape index (κ3) is 8.04. The zero-order valence-electron chi connectivity index (χ0n) is 34.2. The zero-order chi connectivity index (χ0) is 41.5. The molecule has 0 aliphatic carbocycles. The molecule has 16 heteroatoms. The van der Waals surface area contributed by atoms with E-state index in [1.54, 1.807) is 22.2 Å². The van der Waals surface area contributed by atoms with Crippen molar-refractivity contribution in [2.75, 3.05) is 27.3 Å². The SMILES string of the molecule is COC(=O)N[C@H](C(=O)N1CCC[C@@H]1c1ncc(-c2ccc3c(c2)Oc2cc(-c4cnc([C@@H]5CCCN5C(=O)[C@H](NC(=O)OC)C(C)(C)C)[nH]4)ccc2O3)[nH]1)C(C)(C)C. The summed E-state index contributed by atoms with van der Waals surface area (Å²) in [6.45, 7) is 12.5. The second kappa shape index (κ2) is 15.7. The van der Waals surface area contributed by atoms with E-state index in [4.69, 9.17) is 28.9 Å². The summed E-state index contributed by atoms with van der Waals surface area (Å²) in [6, 6.07) is 9.20. The molecule has 4 N–H and O–H groups in total. The summed E-state index contributed by atoms with van der Waals surface area (Å²) in [7, 11) is 2.56. The molecule has 0 spiro atoms. The van der Waals surface area contributed by atoms with Gasteiger partial charge in [-0.05, 0) is 72.9 Å². The predicted octanol–water partition coefficient (Wildman–Crippen LogP) is 7.23. The van der Waals surface area contributed by atoms with Crippen LogP contribution in [0.3, 0.4) is 0 Å². The van der Waals surface area contributed by atoms with E-state index in [9.17, 15) is 19.2 Å². The minimum absolute atomic E-state index is 0.183. The van der Waals surface area contributed by atoms with Crippen LogP contribution in [0.5, 0.6) is 23.0 Å². The van der Waals surface area contributed by atoms with Crippen molar-refractivity contribution < 1.29 is 38.1 Å². The fraction of sp³-hybridized carbons (Fsp3) is 0.476. The fourth-order valence-electron chi connectivity index (χ4n) is 7.83. The fourth-order valence-corrected chi connectivity index (χ4v) is 7.83. The van der Waals surface area contributed by atoms with Gasteiger partial charge in [0.25, 0.3) is 0 Å². The van der Waals surface area contributed by atoms with Gasteiger partial charge in [-0.15, -0.1) is 0 Å². The van der Waals surface area contributed by atoms with Crippen molar-refractivity contribution in [1.29, 1.82) is 0 Å². The topological polar surface area (TPSA) is 193 Å². The number of carbonyl (C=O) groups is 4. The van der Waals surface area contributed by atoms with Gasteiger partial charge >= 0.3 is 12.2 Å². The molecule has 7 rings (SSSR count). The van der Waals surface area contributed by atoms with E-state index in [2.05, 4.69) is 20.6 Å². The highest BCUT2D eigenvalue weighted by molar-refractivity contribution is 5.88. The Hall–Kier alpha value is -6.06. The highest BCUT2D eigenvalue weighted by Gasteiger charge is 2.43. The van der Waals surface area contributed by atoms with Crippen molar-refractivity contribution in [1.82, 2.24) is 40.4 Å². The minimum atomic E-state index is -0.774. The third-order valence-electron chi connectivity index (χ3n) is 11.0. The first-order valence-electron chi connectivity index (χ1n) is 19.6. The first kappa shape index (κ1) is 40.1. The molecular weight excluding hydrogens is 745 g/mol. The number of nitrogens with one attached hydrogen (secondary N) is 4. The van der Waals surface area contributed by atoms with E-state index in [-0.39, 0.29) is 23.9 Å². The van der Waals surface area contributed by atoms with Crippen LogP contribution in [-0.4, -0.2) is 93.1 Å². The number of aromatic nitrogens is 4. The summed E-state index contributed by atoms with van der Waals surface area (Å²) >= 11 is 0. The number of carbonyl (C=O) groups excluding carboxylic acids is 4. The van der Waals surface area contributed by atoms with Crippen molar-refractivity contribution in [2.45, 2.75) is 91.4 Å². The van der Waals surface area contributed by atoms with Gasteiger partial charge in [0.15, 0.2) is 23.0 Å². The number of hydrogen-bond donors (Lipinski definition) is 4. The Labute approximate surface area is 337 Å². The standard InChI is InChI=1S/C42H52N8O8/c1-41(2,3)33(47-39(53)55-7)37(51)49-17-9-11-27(49)35-43-21-25(45-35)23-13-15-29-31(19-23)58-32-20-24(14-16-30(32)57-29)26-22-44-36(46-26)28-12-10-18-50(28)38(52)34(42(4,5)6)48-40(54)56-8/h13-16,19-22,27-28,33-34H,9-12,17-18H2,1-8H3,(H,43,45)(H,44,46)(H,47,53)(H,48,54)/t27-,28+,33-,34+. The second-order valence-corrected chi connectivity index (χ2v) is 17.1. The largest absolute Gasteiger partial charge is 0.453 e. The van der Waals surface area contributed by atoms with Crippen LogP contribution in [0.2, 0.25) is 0 Å². The summed E-state index contributed by atoms with van der Waals surface area (Å²) in [5.41, 5.74) is 2.06. The number of ether oxygens (including phenoxy) is 4. The number of alkyl carbamates (subject to hydrolysis) is 2. The quantitative estimate of drug-likeness (QED) is 0.124. The number of imidazole rings is 2. The monoisotopic (exact) mass is 796 g/mol. The molecule has 0 bridgehead atoms. The van der Waals surface area contributed by atoms with Crippen LogP contribution >= 0.6 is 0 Å². The summed E-state index contributed by atoms with van der Waals surface area (Å²) in [4.78, 5) is 71.7. The van der Waals surface area contributed by atoms with Crippen molar-refractivity contribution in [3.05, 3.63) is 60.4 Å². The first-order valence-corrected chi connectivity index (χ1v) is 19.6. The Morgan fingerprint density at radius 3 is 1.45 bits per heavy atom. The minimum Gasteiger partial charge on any atom is -0.453 e. The molecule has 2 aromatic carbocycles. The van der Waals surface area contributed by atoms with E-state index in [0.717, 1.165) is 48.2 Å². The highest BCUT2D eigenvalue weighted by Crippen LogP contribution is 2.48. The van der Waals surface area contributed by atoms with E-state index < -0.39 is 35.1 Å².